The molecular formula is C15H23N7O7S. The molecule has 0 unspecified atom stereocenters. The van der Waals surface area contributed by atoms with Crippen LogP contribution in [0, 0.1) is 0 Å². The number of nitrogens with two attached hydrogens (primary N) is 1. The topological polar surface area (TPSA) is 195 Å². The smallest absolute Gasteiger partial charge is 0.385 e. The Kier molecular flexibility index (Phi) is 6.49. The summed E-state index contributed by atoms with van der Waals surface area (Å²) < 4.78 is 44.0. The number of imidazole rings is 1. The average Bonchev–Trinajstić information content (AvgIpc) is 3.18. The van der Waals surface area contributed by atoms with E-state index in [2.05, 4.69) is 20.3 Å². The summed E-state index contributed by atoms with van der Waals surface area (Å²) in [7, 11) is -3.24. The molecule has 0 aliphatic carbocycles. The first-order chi connectivity index (χ1) is 14.2. The minimum Gasteiger partial charge on any atom is -0.385 e. The lowest BCUT2D eigenvalue weighted by atomic mass is 10.1. The molecule has 3 rings (SSSR count). The van der Waals surface area contributed by atoms with Crippen molar-refractivity contribution in [3.63, 3.8) is 0 Å². The van der Waals surface area contributed by atoms with Crippen LogP contribution in [-0.2, 0) is 30.5 Å². The second-order valence-corrected chi connectivity index (χ2v) is 7.79. The number of carbonyl (C=O) groups is 1. The van der Waals surface area contributed by atoms with Crippen molar-refractivity contribution in [3.8, 4) is 0 Å². The summed E-state index contributed by atoms with van der Waals surface area (Å²) in [5.74, 6) is 0.617. The highest BCUT2D eigenvalue weighted by molar-refractivity contribution is 7.80. The molecule has 14 nitrogen and oxygen atoms in total. The van der Waals surface area contributed by atoms with Gasteiger partial charge in [0.1, 0.15) is 30.5 Å². The van der Waals surface area contributed by atoms with Gasteiger partial charge in [0.25, 0.3) is 0 Å². The van der Waals surface area contributed by atoms with Crippen molar-refractivity contribution < 1.29 is 31.8 Å². The van der Waals surface area contributed by atoms with E-state index in [9.17, 15) is 18.3 Å². The van der Waals surface area contributed by atoms with E-state index in [0.717, 1.165) is 0 Å². The van der Waals surface area contributed by atoms with Crippen molar-refractivity contribution in [1.82, 2.24) is 29.7 Å². The van der Waals surface area contributed by atoms with Gasteiger partial charge in [0.15, 0.2) is 23.2 Å². The quantitative estimate of drug-likeness (QED) is 0.189. The van der Waals surface area contributed by atoms with Gasteiger partial charge in [0.2, 0.25) is 6.41 Å². The molecule has 1 fully saturated rings. The monoisotopic (exact) mass is 445 g/mol. The Hall–Kier alpha value is -2.43. The third-order valence-corrected chi connectivity index (χ3v) is 5.09. The molecule has 166 valence electrons. The summed E-state index contributed by atoms with van der Waals surface area (Å²) in [6.45, 7) is 2.03. The number of fused-ring (bicyclic) bond motifs is 1. The second-order valence-electron chi connectivity index (χ2n) is 6.75. The number of hydrogen-bond acceptors (Lipinski definition) is 11. The van der Waals surface area contributed by atoms with Gasteiger partial charge in [-0.2, -0.15) is 8.42 Å². The molecule has 0 saturated carbocycles. The molecular weight excluding hydrogens is 422 g/mol. The number of aromatic nitrogens is 4. The fraction of sp³-hybridized carbons (Fsp3) is 0.600. The largest absolute Gasteiger partial charge is 0.397 e. The summed E-state index contributed by atoms with van der Waals surface area (Å²) >= 11 is 0. The van der Waals surface area contributed by atoms with Crippen molar-refractivity contribution in [2.24, 2.45) is 0 Å². The van der Waals surface area contributed by atoms with Crippen LogP contribution in [0.25, 0.3) is 11.2 Å². The van der Waals surface area contributed by atoms with Gasteiger partial charge in [0, 0.05) is 13.0 Å². The fourth-order valence-corrected chi connectivity index (χ4v) is 3.91. The number of likely N-dealkylation sites (N-methyl/N-ethyl adjacent to an activating group) is 1. The van der Waals surface area contributed by atoms with Crippen LogP contribution in [-0.4, -0.2) is 87.5 Å². The highest BCUT2D eigenvalue weighted by atomic mass is 32.3. The maximum atomic E-state index is 11.3. The van der Waals surface area contributed by atoms with Gasteiger partial charge in [-0.3, -0.25) is 18.8 Å². The Balaban J connectivity index is 1.99. The lowest BCUT2D eigenvalue weighted by molar-refractivity contribution is -0.110. The molecule has 0 bridgehead atoms. The predicted octanol–water partition coefficient (Wildman–Crippen LogP) is -1.95. The summed E-state index contributed by atoms with van der Waals surface area (Å²) in [5.41, 5.74) is 6.48. The number of amides is 1. The van der Waals surface area contributed by atoms with Crippen LogP contribution >= 0.6 is 0 Å². The maximum Gasteiger partial charge on any atom is 0.397 e. The van der Waals surface area contributed by atoms with E-state index in [-0.39, 0.29) is 19.0 Å². The van der Waals surface area contributed by atoms with Gasteiger partial charge in [0.05, 0.1) is 6.67 Å². The zero-order chi connectivity index (χ0) is 22.1. The SMILES string of the molecule is CCc1nc2c(N)ncnc2n1[C@@H]1O[C@H](CN(C)CNC=O)[C@@H](OS(=O)(=O)O)[C@H]1O. The first kappa shape index (κ1) is 22.3. The van der Waals surface area contributed by atoms with Gasteiger partial charge in [-0.1, -0.05) is 6.92 Å². The zero-order valence-corrected chi connectivity index (χ0v) is 17.1. The molecule has 1 aliphatic rings. The maximum absolute atomic E-state index is 11.3. The van der Waals surface area contributed by atoms with Crippen molar-refractivity contribution >= 4 is 33.8 Å². The van der Waals surface area contributed by atoms with Crippen molar-refractivity contribution in [3.05, 3.63) is 12.2 Å². The van der Waals surface area contributed by atoms with Crippen LogP contribution < -0.4 is 11.1 Å². The number of nitrogens with one attached hydrogen (secondary N) is 1. The van der Waals surface area contributed by atoms with Gasteiger partial charge < -0.3 is 20.9 Å². The van der Waals surface area contributed by atoms with Gasteiger partial charge >= 0.3 is 10.4 Å². The molecule has 5 N–H and O–H groups in total. The number of nitrogens with zero attached hydrogens (tertiary/aromatic N) is 5. The van der Waals surface area contributed by atoms with E-state index >= 15 is 0 Å². The van der Waals surface area contributed by atoms with Crippen LogP contribution in [0.15, 0.2) is 6.33 Å². The summed E-state index contributed by atoms with van der Waals surface area (Å²) in [6.07, 6.45) is -2.85. The number of aliphatic hydroxyl groups excluding tert-OH is 1. The van der Waals surface area contributed by atoms with E-state index in [0.29, 0.717) is 29.8 Å². The minimum absolute atomic E-state index is 0.0692. The number of ether oxygens (including phenoxy) is 1. The molecule has 0 radical (unpaired) electrons. The number of anilines is 1. The lowest BCUT2D eigenvalue weighted by Crippen LogP contribution is -2.43. The van der Waals surface area contributed by atoms with Crippen LogP contribution in [0.3, 0.4) is 0 Å². The molecule has 0 spiro atoms. The highest BCUT2D eigenvalue weighted by Crippen LogP contribution is 2.36. The van der Waals surface area contributed by atoms with Crippen molar-refractivity contribution in [2.45, 2.75) is 37.9 Å². The van der Waals surface area contributed by atoms with Crippen molar-refractivity contribution in [2.75, 3.05) is 26.0 Å². The molecule has 2 aromatic heterocycles. The molecule has 2 aromatic rings. The van der Waals surface area contributed by atoms with Gasteiger partial charge in [-0.15, -0.1) is 0 Å². The number of rotatable bonds is 9. The van der Waals surface area contributed by atoms with E-state index in [1.165, 1.54) is 10.9 Å². The molecule has 1 amide bonds. The van der Waals surface area contributed by atoms with Crippen LogP contribution in [0.2, 0.25) is 0 Å². The van der Waals surface area contributed by atoms with Crippen molar-refractivity contribution in [1.29, 1.82) is 0 Å². The molecule has 1 aliphatic heterocycles. The number of nitrogen functional groups attached to an aromatic ring is 1. The first-order valence-corrected chi connectivity index (χ1v) is 10.3. The number of hydrogen-bond donors (Lipinski definition) is 4. The third-order valence-electron chi connectivity index (χ3n) is 4.63. The van der Waals surface area contributed by atoms with E-state index in [4.69, 9.17) is 19.2 Å². The Morgan fingerprint density at radius 3 is 2.83 bits per heavy atom. The summed E-state index contributed by atoms with van der Waals surface area (Å²) in [5, 5.41) is 13.3. The minimum atomic E-state index is -4.88. The highest BCUT2D eigenvalue weighted by Gasteiger charge is 2.49. The fourth-order valence-electron chi connectivity index (χ4n) is 3.39. The number of aryl methyl sites for hydroxylation is 1. The molecule has 15 heteroatoms. The van der Waals surface area contributed by atoms with Gasteiger partial charge in [-0.05, 0) is 7.05 Å². The summed E-state index contributed by atoms with van der Waals surface area (Å²) in [6, 6.07) is 0. The molecule has 4 atom stereocenters. The van der Waals surface area contributed by atoms with E-state index in [1.54, 1.807) is 11.9 Å². The van der Waals surface area contributed by atoms with Gasteiger partial charge in [-0.25, -0.2) is 19.1 Å². The zero-order valence-electron chi connectivity index (χ0n) is 16.2. The number of aliphatic hydroxyl groups is 1. The van der Waals surface area contributed by atoms with E-state index < -0.39 is 34.9 Å². The lowest BCUT2D eigenvalue weighted by Gasteiger charge is -2.23. The third kappa shape index (κ3) is 4.50. The number of carbonyl (C=O) groups excluding carboxylic acids is 1. The Labute approximate surface area is 172 Å². The molecule has 0 aromatic carbocycles. The first-order valence-electron chi connectivity index (χ1n) is 8.98. The molecule has 1 saturated heterocycles. The summed E-state index contributed by atoms with van der Waals surface area (Å²) in [4.78, 5) is 24.6. The van der Waals surface area contributed by atoms with Crippen LogP contribution in [0.1, 0.15) is 19.0 Å². The predicted molar refractivity (Wildman–Crippen MR) is 102 cm³/mol. The standard InChI is InChI=1S/C15H23N7O7S/c1-3-9-20-10-13(16)18-5-19-14(10)22(9)15-11(24)12(29-30(25,26)27)8(28-15)4-21(2)6-17-7-23/h5,7-8,11-12,15,24H,3-4,6H2,1-2H3,(H,17,23)(H2,16,18,19)(H,25,26,27)/t8-,11-,12-,15-/m1/s1. The van der Waals surface area contributed by atoms with E-state index in [1.807, 2.05) is 6.92 Å². The van der Waals surface area contributed by atoms with Crippen LogP contribution in [0.4, 0.5) is 5.82 Å². The average molecular weight is 445 g/mol. The Morgan fingerprint density at radius 1 is 1.47 bits per heavy atom. The Morgan fingerprint density at radius 2 is 2.20 bits per heavy atom. The Bertz CT molecular complexity index is 1010. The normalized spacial score (nSPS) is 24.6. The second kappa shape index (κ2) is 8.75. The van der Waals surface area contributed by atoms with Crippen LogP contribution in [0.5, 0.6) is 0 Å². The molecule has 3 heterocycles. The molecule has 30 heavy (non-hydrogen) atoms.